The first-order valence-corrected chi connectivity index (χ1v) is 4.97. The van der Waals surface area contributed by atoms with Gasteiger partial charge in [-0.1, -0.05) is 24.3 Å². The van der Waals surface area contributed by atoms with Gasteiger partial charge >= 0.3 is 0 Å². The molecule has 80 valence electrons. The van der Waals surface area contributed by atoms with Gasteiger partial charge in [-0.25, -0.2) is 8.78 Å². The van der Waals surface area contributed by atoms with Crippen LogP contribution in [0.1, 0.15) is 41.6 Å². The summed E-state index contributed by atoms with van der Waals surface area (Å²) in [5.74, 6) is -2.74. The molecule has 1 aliphatic rings. The van der Waals surface area contributed by atoms with E-state index in [1.165, 1.54) is 6.92 Å². The minimum absolute atomic E-state index is 0.0548. The molecule has 0 N–H and O–H groups in total. The Morgan fingerprint density at radius 3 is 2.47 bits per heavy atom. The molecule has 1 aromatic carbocycles. The van der Waals surface area contributed by atoms with Crippen molar-refractivity contribution in [3.05, 3.63) is 35.4 Å². The molecule has 0 amide bonds. The second-order valence-corrected chi connectivity index (χ2v) is 4.10. The van der Waals surface area contributed by atoms with Crippen molar-refractivity contribution in [2.75, 3.05) is 0 Å². The van der Waals surface area contributed by atoms with E-state index in [2.05, 4.69) is 0 Å². The zero-order valence-electron chi connectivity index (χ0n) is 8.47. The average molecular weight is 210 g/mol. The van der Waals surface area contributed by atoms with Crippen molar-refractivity contribution >= 4 is 5.78 Å². The zero-order chi connectivity index (χ0) is 11.1. The number of carbonyl (C=O) groups is 1. The highest BCUT2D eigenvalue weighted by atomic mass is 19.3. The highest BCUT2D eigenvalue weighted by Gasteiger charge is 2.46. The van der Waals surface area contributed by atoms with Gasteiger partial charge in [0.2, 0.25) is 5.92 Å². The number of ketones is 1. The van der Waals surface area contributed by atoms with E-state index in [9.17, 15) is 13.6 Å². The van der Waals surface area contributed by atoms with Crippen LogP contribution in [0.4, 0.5) is 8.78 Å². The lowest BCUT2D eigenvalue weighted by Crippen LogP contribution is -2.34. The van der Waals surface area contributed by atoms with E-state index in [0.29, 0.717) is 5.56 Å². The first-order chi connectivity index (χ1) is 6.99. The van der Waals surface area contributed by atoms with Crippen molar-refractivity contribution in [2.24, 2.45) is 0 Å². The average Bonchev–Trinajstić information content (AvgIpc) is 2.14. The van der Waals surface area contributed by atoms with Crippen molar-refractivity contribution in [3.8, 4) is 0 Å². The summed E-state index contributed by atoms with van der Waals surface area (Å²) in [6.07, 6.45) is -0.255. The Hall–Kier alpha value is -1.25. The van der Waals surface area contributed by atoms with Crippen LogP contribution in [0.15, 0.2) is 24.3 Å². The fourth-order valence-electron chi connectivity index (χ4n) is 2.05. The smallest absolute Gasteiger partial charge is 0.249 e. The summed E-state index contributed by atoms with van der Waals surface area (Å²) >= 11 is 0. The number of benzene rings is 1. The molecule has 1 saturated carbocycles. The predicted molar refractivity (Wildman–Crippen MR) is 53.4 cm³/mol. The van der Waals surface area contributed by atoms with Gasteiger partial charge in [-0.05, 0) is 18.4 Å². The van der Waals surface area contributed by atoms with Gasteiger partial charge in [-0.15, -0.1) is 0 Å². The van der Waals surface area contributed by atoms with Crippen LogP contribution in [-0.4, -0.2) is 11.7 Å². The normalized spacial score (nSPS) is 19.7. The molecule has 1 aromatic rings. The molecular formula is C12H12F2O. The molecule has 0 atom stereocenters. The number of halogens is 2. The van der Waals surface area contributed by atoms with E-state index in [-0.39, 0.29) is 24.5 Å². The maximum absolute atomic E-state index is 12.7. The molecule has 1 nitrogen and oxygen atoms in total. The molecule has 1 fully saturated rings. The number of rotatable bonds is 2. The van der Waals surface area contributed by atoms with E-state index in [1.54, 1.807) is 24.3 Å². The summed E-state index contributed by atoms with van der Waals surface area (Å²) in [6, 6.07) is 7.03. The van der Waals surface area contributed by atoms with Gasteiger partial charge in [0.05, 0.1) is 0 Å². The van der Waals surface area contributed by atoms with Crippen LogP contribution >= 0.6 is 0 Å². The zero-order valence-corrected chi connectivity index (χ0v) is 8.47. The van der Waals surface area contributed by atoms with Crippen LogP contribution in [0.3, 0.4) is 0 Å². The summed E-state index contributed by atoms with van der Waals surface area (Å²) in [7, 11) is 0. The molecule has 0 bridgehead atoms. The molecule has 0 saturated heterocycles. The third kappa shape index (κ3) is 1.91. The lowest BCUT2D eigenvalue weighted by Gasteiger charge is -2.36. The summed E-state index contributed by atoms with van der Waals surface area (Å²) in [5.41, 5.74) is 1.36. The molecule has 0 spiro atoms. The number of Topliss-reactive ketones (excluding diaryl/α,β-unsaturated/α-hetero) is 1. The summed E-state index contributed by atoms with van der Waals surface area (Å²) in [4.78, 5) is 11.3. The van der Waals surface area contributed by atoms with Crippen LogP contribution in [-0.2, 0) is 0 Å². The summed E-state index contributed by atoms with van der Waals surface area (Å²) < 4.78 is 25.4. The Balaban J connectivity index is 2.26. The molecule has 0 aromatic heterocycles. The second-order valence-electron chi connectivity index (χ2n) is 4.10. The Morgan fingerprint density at radius 1 is 1.33 bits per heavy atom. The summed E-state index contributed by atoms with van der Waals surface area (Å²) in [6.45, 7) is 1.47. The topological polar surface area (TPSA) is 17.1 Å². The largest absolute Gasteiger partial charge is 0.295 e. The van der Waals surface area contributed by atoms with Crippen LogP contribution < -0.4 is 0 Å². The highest BCUT2D eigenvalue weighted by Crippen LogP contribution is 2.48. The Morgan fingerprint density at radius 2 is 1.93 bits per heavy atom. The molecule has 3 heteroatoms. The lowest BCUT2D eigenvalue weighted by molar-refractivity contribution is -0.0868. The molecule has 0 radical (unpaired) electrons. The Labute approximate surface area is 87.1 Å². The fraction of sp³-hybridized carbons (Fsp3) is 0.417. The van der Waals surface area contributed by atoms with Crippen molar-refractivity contribution in [1.82, 2.24) is 0 Å². The Bertz CT molecular complexity index is 390. The van der Waals surface area contributed by atoms with Crippen molar-refractivity contribution in [2.45, 2.75) is 31.6 Å². The molecule has 2 rings (SSSR count). The van der Waals surface area contributed by atoms with Crippen molar-refractivity contribution in [1.29, 1.82) is 0 Å². The first kappa shape index (κ1) is 10.3. The third-order valence-corrected chi connectivity index (χ3v) is 2.87. The molecule has 0 aliphatic heterocycles. The van der Waals surface area contributed by atoms with E-state index in [1.807, 2.05) is 0 Å². The minimum atomic E-state index is -2.53. The quantitative estimate of drug-likeness (QED) is 0.684. The van der Waals surface area contributed by atoms with Crippen LogP contribution in [0, 0.1) is 0 Å². The minimum Gasteiger partial charge on any atom is -0.295 e. The van der Waals surface area contributed by atoms with E-state index in [0.717, 1.165) is 5.56 Å². The molecule has 1 aliphatic carbocycles. The standard InChI is InChI=1S/C12H12F2O/c1-8(15)10-4-2-3-5-11(10)9-6-12(13,14)7-9/h2-5,9H,6-7H2,1H3. The van der Waals surface area contributed by atoms with Crippen LogP contribution in [0.2, 0.25) is 0 Å². The van der Waals surface area contributed by atoms with Gasteiger partial charge in [0, 0.05) is 18.4 Å². The highest BCUT2D eigenvalue weighted by molar-refractivity contribution is 5.95. The van der Waals surface area contributed by atoms with Gasteiger partial charge in [-0.2, -0.15) is 0 Å². The number of carbonyl (C=O) groups excluding carboxylic acids is 1. The molecular weight excluding hydrogens is 198 g/mol. The van der Waals surface area contributed by atoms with Crippen LogP contribution in [0.25, 0.3) is 0 Å². The molecule has 15 heavy (non-hydrogen) atoms. The Kier molecular flexibility index (Phi) is 2.33. The van der Waals surface area contributed by atoms with Crippen molar-refractivity contribution < 1.29 is 13.6 Å². The van der Waals surface area contributed by atoms with E-state index >= 15 is 0 Å². The van der Waals surface area contributed by atoms with Gasteiger partial charge < -0.3 is 0 Å². The third-order valence-electron chi connectivity index (χ3n) is 2.87. The van der Waals surface area contributed by atoms with Gasteiger partial charge in [0.1, 0.15) is 0 Å². The molecule has 0 unspecified atom stereocenters. The maximum Gasteiger partial charge on any atom is 0.249 e. The summed E-state index contributed by atoms with van der Waals surface area (Å²) in [5, 5.41) is 0. The van der Waals surface area contributed by atoms with Crippen LogP contribution in [0.5, 0.6) is 0 Å². The van der Waals surface area contributed by atoms with Gasteiger partial charge in [-0.3, -0.25) is 4.79 Å². The second kappa shape index (κ2) is 3.40. The SMILES string of the molecule is CC(=O)c1ccccc1C1CC(F)(F)C1. The molecule has 0 heterocycles. The van der Waals surface area contributed by atoms with E-state index in [4.69, 9.17) is 0 Å². The van der Waals surface area contributed by atoms with Gasteiger partial charge in [0.15, 0.2) is 5.78 Å². The predicted octanol–water partition coefficient (Wildman–Crippen LogP) is 3.40. The first-order valence-electron chi connectivity index (χ1n) is 4.97. The number of hydrogen-bond acceptors (Lipinski definition) is 1. The maximum atomic E-state index is 12.7. The monoisotopic (exact) mass is 210 g/mol. The lowest BCUT2D eigenvalue weighted by atomic mass is 9.75. The fourth-order valence-corrected chi connectivity index (χ4v) is 2.05. The van der Waals surface area contributed by atoms with Crippen molar-refractivity contribution in [3.63, 3.8) is 0 Å². The van der Waals surface area contributed by atoms with E-state index < -0.39 is 5.92 Å². The number of alkyl halides is 2. The van der Waals surface area contributed by atoms with Gasteiger partial charge in [0.25, 0.3) is 0 Å². The number of hydrogen-bond donors (Lipinski definition) is 0.